The molecular weight excluding hydrogens is 419 g/mol. The number of rotatable bonds is 5. The fourth-order valence-corrected chi connectivity index (χ4v) is 4.19. The van der Waals surface area contributed by atoms with Crippen LogP contribution < -0.4 is 14.6 Å². The number of ether oxygens (including phenoxy) is 2. The lowest BCUT2D eigenvalue weighted by Gasteiger charge is -2.31. The van der Waals surface area contributed by atoms with Crippen LogP contribution in [0.2, 0.25) is 0 Å². The van der Waals surface area contributed by atoms with Crippen molar-refractivity contribution in [1.29, 1.82) is 0 Å². The summed E-state index contributed by atoms with van der Waals surface area (Å²) in [5.74, 6) is -1.84. The minimum atomic E-state index is -3.80. The van der Waals surface area contributed by atoms with Crippen LogP contribution in [0, 0.1) is 5.82 Å². The Morgan fingerprint density at radius 1 is 1.07 bits per heavy atom. The normalized spacial score (nSPS) is 15.3. The Morgan fingerprint density at radius 3 is 2.47 bits per heavy atom. The molecule has 0 spiro atoms. The van der Waals surface area contributed by atoms with Gasteiger partial charge in [-0.25, -0.2) is 17.9 Å². The van der Waals surface area contributed by atoms with Gasteiger partial charge < -0.3 is 9.47 Å². The molecule has 156 valence electrons. The van der Waals surface area contributed by atoms with E-state index in [1.54, 1.807) is 18.2 Å². The van der Waals surface area contributed by atoms with Crippen LogP contribution in [0.4, 0.5) is 13.2 Å². The molecule has 9 heteroatoms. The number of benzene rings is 3. The van der Waals surface area contributed by atoms with Gasteiger partial charge in [0.05, 0.1) is 11.3 Å². The quantitative estimate of drug-likeness (QED) is 0.646. The number of fused-ring (bicyclic) bond motifs is 3. The zero-order valence-electron chi connectivity index (χ0n) is 15.4. The van der Waals surface area contributed by atoms with E-state index in [-0.39, 0.29) is 11.3 Å². The Hall–Kier alpha value is -3.04. The largest absolute Gasteiger partial charge is 0.480 e. The molecule has 4 rings (SSSR count). The van der Waals surface area contributed by atoms with E-state index in [0.717, 1.165) is 11.6 Å². The molecule has 0 saturated heterocycles. The van der Waals surface area contributed by atoms with Gasteiger partial charge in [0.15, 0.2) is 11.6 Å². The van der Waals surface area contributed by atoms with E-state index in [9.17, 15) is 21.6 Å². The lowest BCUT2D eigenvalue weighted by atomic mass is 9.88. The molecule has 1 heterocycles. The standard InChI is InChI=1S/C21H16F3NO4S/c22-16-8-9-17-18(20(16)29-21(23)24)14-7-6-12(11-30(25,26)27)10-15(14)19(28-17)13-4-2-1-3-5-13/h1-10,19,21H,11H2,(H2,25,26,27). The second-order valence-electron chi connectivity index (χ2n) is 6.77. The predicted octanol–water partition coefficient (Wildman–Crippen LogP) is 4.36. The summed E-state index contributed by atoms with van der Waals surface area (Å²) in [5.41, 5.74) is 2.06. The molecule has 0 bridgehead atoms. The van der Waals surface area contributed by atoms with Crippen molar-refractivity contribution in [3.63, 3.8) is 0 Å². The van der Waals surface area contributed by atoms with E-state index in [4.69, 9.17) is 9.88 Å². The monoisotopic (exact) mass is 435 g/mol. The van der Waals surface area contributed by atoms with Crippen LogP contribution in [0.15, 0.2) is 60.7 Å². The van der Waals surface area contributed by atoms with Gasteiger partial charge in [-0.2, -0.15) is 8.78 Å². The first-order valence-electron chi connectivity index (χ1n) is 8.85. The number of hydrogen-bond donors (Lipinski definition) is 1. The highest BCUT2D eigenvalue weighted by Gasteiger charge is 2.32. The predicted molar refractivity (Wildman–Crippen MR) is 104 cm³/mol. The van der Waals surface area contributed by atoms with E-state index in [2.05, 4.69) is 4.74 Å². The molecule has 3 aromatic rings. The fourth-order valence-electron chi connectivity index (χ4n) is 3.54. The van der Waals surface area contributed by atoms with Crippen molar-refractivity contribution in [3.05, 3.63) is 83.2 Å². The zero-order chi connectivity index (χ0) is 21.5. The van der Waals surface area contributed by atoms with Gasteiger partial charge in [0.2, 0.25) is 10.0 Å². The molecule has 30 heavy (non-hydrogen) atoms. The highest BCUT2D eigenvalue weighted by Crippen LogP contribution is 2.50. The molecule has 1 aliphatic rings. The first kappa shape index (κ1) is 20.2. The lowest BCUT2D eigenvalue weighted by molar-refractivity contribution is -0.0519. The molecule has 0 aromatic heterocycles. The molecule has 3 aromatic carbocycles. The summed E-state index contributed by atoms with van der Waals surface area (Å²) < 4.78 is 73.7. The Balaban J connectivity index is 1.94. The van der Waals surface area contributed by atoms with Gasteiger partial charge in [0.25, 0.3) is 0 Å². The van der Waals surface area contributed by atoms with Gasteiger partial charge in [-0.05, 0) is 28.8 Å². The molecular formula is C21H16F3NO4S. The second-order valence-corrected chi connectivity index (χ2v) is 8.38. The van der Waals surface area contributed by atoms with Gasteiger partial charge >= 0.3 is 6.61 Å². The van der Waals surface area contributed by atoms with Gasteiger partial charge in [0, 0.05) is 5.56 Å². The molecule has 5 nitrogen and oxygen atoms in total. The second kappa shape index (κ2) is 7.66. The van der Waals surface area contributed by atoms with Crippen LogP contribution in [-0.4, -0.2) is 15.0 Å². The summed E-state index contributed by atoms with van der Waals surface area (Å²) in [6.07, 6.45) is -0.668. The third kappa shape index (κ3) is 3.99. The SMILES string of the molecule is NS(=O)(=O)Cc1ccc2c(c1)C(c1ccccc1)Oc1ccc(F)c(OC(F)F)c1-2. The van der Waals surface area contributed by atoms with Crippen molar-refractivity contribution in [2.75, 3.05) is 0 Å². The van der Waals surface area contributed by atoms with Crippen LogP contribution in [-0.2, 0) is 15.8 Å². The van der Waals surface area contributed by atoms with Crippen molar-refractivity contribution in [2.45, 2.75) is 18.5 Å². The van der Waals surface area contributed by atoms with E-state index in [0.29, 0.717) is 16.7 Å². The van der Waals surface area contributed by atoms with Crippen molar-refractivity contribution in [1.82, 2.24) is 0 Å². The summed E-state index contributed by atoms with van der Waals surface area (Å²) in [5, 5.41) is 5.15. The molecule has 1 atom stereocenters. The topological polar surface area (TPSA) is 78.6 Å². The van der Waals surface area contributed by atoms with Crippen LogP contribution in [0.25, 0.3) is 11.1 Å². The van der Waals surface area contributed by atoms with Crippen molar-refractivity contribution in [3.8, 4) is 22.6 Å². The smallest absolute Gasteiger partial charge is 0.387 e. The van der Waals surface area contributed by atoms with Crippen molar-refractivity contribution in [2.24, 2.45) is 5.14 Å². The van der Waals surface area contributed by atoms with Crippen LogP contribution >= 0.6 is 0 Å². The molecule has 0 amide bonds. The van der Waals surface area contributed by atoms with Crippen LogP contribution in [0.5, 0.6) is 11.5 Å². The summed E-state index contributed by atoms with van der Waals surface area (Å²) in [6, 6.07) is 16.0. The molecule has 1 aliphatic heterocycles. The van der Waals surface area contributed by atoms with E-state index in [1.165, 1.54) is 18.2 Å². The average molecular weight is 435 g/mol. The third-order valence-electron chi connectivity index (χ3n) is 4.66. The number of alkyl halides is 2. The number of primary sulfonamides is 1. The first-order valence-corrected chi connectivity index (χ1v) is 10.6. The summed E-state index contributed by atoms with van der Waals surface area (Å²) in [4.78, 5) is 0. The third-order valence-corrected chi connectivity index (χ3v) is 5.40. The summed E-state index contributed by atoms with van der Waals surface area (Å²) in [6.45, 7) is -3.23. The molecule has 0 aliphatic carbocycles. The van der Waals surface area contributed by atoms with Gasteiger partial charge in [0.1, 0.15) is 11.9 Å². The van der Waals surface area contributed by atoms with Crippen LogP contribution in [0.1, 0.15) is 22.8 Å². The Labute approximate surface area is 170 Å². The maximum atomic E-state index is 14.3. The molecule has 0 fully saturated rings. The molecule has 0 radical (unpaired) electrons. The Kier molecular flexibility index (Phi) is 5.17. The van der Waals surface area contributed by atoms with E-state index < -0.39 is 40.1 Å². The van der Waals surface area contributed by atoms with Gasteiger partial charge in [-0.3, -0.25) is 0 Å². The molecule has 2 N–H and O–H groups in total. The minimum absolute atomic E-state index is 0.0413. The minimum Gasteiger partial charge on any atom is -0.480 e. The first-order chi connectivity index (χ1) is 14.2. The zero-order valence-corrected chi connectivity index (χ0v) is 16.2. The highest BCUT2D eigenvalue weighted by atomic mass is 32.2. The number of hydrogen-bond acceptors (Lipinski definition) is 4. The molecule has 0 saturated carbocycles. The molecule has 1 unspecified atom stereocenters. The highest BCUT2D eigenvalue weighted by molar-refractivity contribution is 7.88. The number of halogens is 3. The van der Waals surface area contributed by atoms with Crippen LogP contribution in [0.3, 0.4) is 0 Å². The lowest BCUT2D eigenvalue weighted by Crippen LogP contribution is -2.19. The number of nitrogens with two attached hydrogens (primary N) is 1. The Bertz CT molecular complexity index is 1200. The maximum Gasteiger partial charge on any atom is 0.387 e. The van der Waals surface area contributed by atoms with Crippen molar-refractivity contribution < 1.29 is 31.1 Å². The summed E-state index contributed by atoms with van der Waals surface area (Å²) >= 11 is 0. The van der Waals surface area contributed by atoms with E-state index >= 15 is 0 Å². The van der Waals surface area contributed by atoms with Crippen molar-refractivity contribution >= 4 is 10.0 Å². The van der Waals surface area contributed by atoms with E-state index in [1.807, 2.05) is 18.2 Å². The number of sulfonamides is 1. The maximum absolute atomic E-state index is 14.3. The summed E-state index contributed by atoms with van der Waals surface area (Å²) in [7, 11) is -3.80. The van der Waals surface area contributed by atoms with Gasteiger partial charge in [-0.15, -0.1) is 0 Å². The Morgan fingerprint density at radius 2 is 1.80 bits per heavy atom. The average Bonchev–Trinajstić information content (AvgIpc) is 2.68. The van der Waals surface area contributed by atoms with Gasteiger partial charge in [-0.1, -0.05) is 48.5 Å². The fraction of sp³-hybridized carbons (Fsp3) is 0.143.